The number of para-hydroxylation sites is 1. The first-order valence-corrected chi connectivity index (χ1v) is 8.61. The Hall–Kier alpha value is -2.34. The van der Waals surface area contributed by atoms with Crippen molar-refractivity contribution >= 4 is 17.9 Å². The number of nitrogens with one attached hydrogen (secondary N) is 1. The fraction of sp³-hybridized carbons (Fsp3) is 0.474. The molecule has 6 nitrogen and oxygen atoms in total. The van der Waals surface area contributed by atoms with Gasteiger partial charge >= 0.3 is 0 Å². The molecule has 1 fully saturated rings. The van der Waals surface area contributed by atoms with Crippen LogP contribution in [0, 0.1) is 0 Å². The number of hydrogen-bond acceptors (Lipinski definition) is 4. The van der Waals surface area contributed by atoms with Crippen LogP contribution in [0.3, 0.4) is 0 Å². The van der Waals surface area contributed by atoms with E-state index in [1.165, 1.54) is 0 Å². The Labute approximate surface area is 149 Å². The average Bonchev–Trinajstić information content (AvgIpc) is 2.59. The molecule has 2 amide bonds. The molecular weight excluding hydrogens is 318 g/mol. The second-order valence-electron chi connectivity index (χ2n) is 6.40. The summed E-state index contributed by atoms with van der Waals surface area (Å²) in [7, 11) is 1.61. The minimum Gasteiger partial charge on any atom is -0.496 e. The number of amides is 2. The summed E-state index contributed by atoms with van der Waals surface area (Å²) >= 11 is 0. The number of rotatable bonds is 6. The van der Waals surface area contributed by atoms with Crippen molar-refractivity contribution in [3.8, 4) is 5.75 Å². The molecule has 6 heteroatoms. The van der Waals surface area contributed by atoms with Crippen molar-refractivity contribution in [1.29, 1.82) is 0 Å². The molecule has 2 rings (SSSR count). The number of nitrogens with zero attached hydrogens (tertiary/aromatic N) is 2. The molecule has 0 radical (unpaired) electrons. The van der Waals surface area contributed by atoms with Crippen molar-refractivity contribution in [2.75, 3.05) is 39.8 Å². The van der Waals surface area contributed by atoms with Crippen LogP contribution in [-0.2, 0) is 9.59 Å². The molecule has 1 heterocycles. The highest BCUT2D eigenvalue weighted by atomic mass is 16.5. The highest BCUT2D eigenvalue weighted by Gasteiger charge is 2.21. The molecule has 1 saturated heterocycles. The lowest BCUT2D eigenvalue weighted by atomic mass is 10.2. The molecule has 0 saturated carbocycles. The van der Waals surface area contributed by atoms with Gasteiger partial charge in [-0.05, 0) is 26.0 Å². The summed E-state index contributed by atoms with van der Waals surface area (Å²) in [6.07, 6.45) is 3.36. The maximum absolute atomic E-state index is 12.3. The fourth-order valence-electron chi connectivity index (χ4n) is 2.77. The van der Waals surface area contributed by atoms with Crippen LogP contribution in [0.5, 0.6) is 5.75 Å². The molecule has 0 unspecified atom stereocenters. The highest BCUT2D eigenvalue weighted by Crippen LogP contribution is 2.18. The van der Waals surface area contributed by atoms with E-state index in [1.54, 1.807) is 19.3 Å². The summed E-state index contributed by atoms with van der Waals surface area (Å²) in [6, 6.07) is 7.73. The van der Waals surface area contributed by atoms with Gasteiger partial charge in [0.25, 0.3) is 0 Å². The standard InChI is InChI=1S/C19H27N3O3/c1-15(2)20-18(23)14-21-10-12-22(13-11-21)19(24)9-8-16-6-4-5-7-17(16)25-3/h4-9,15H,10-14H2,1-3H3,(H,20,23). The molecule has 0 aliphatic carbocycles. The molecule has 1 N–H and O–H groups in total. The van der Waals surface area contributed by atoms with E-state index >= 15 is 0 Å². The Morgan fingerprint density at radius 1 is 1.20 bits per heavy atom. The van der Waals surface area contributed by atoms with Gasteiger partial charge in [-0.3, -0.25) is 14.5 Å². The minimum absolute atomic E-state index is 0.0165. The molecular formula is C19H27N3O3. The van der Waals surface area contributed by atoms with Gasteiger partial charge in [-0.25, -0.2) is 0 Å². The minimum atomic E-state index is -0.0165. The molecule has 0 bridgehead atoms. The number of carbonyl (C=O) groups is 2. The number of benzene rings is 1. The molecule has 1 aromatic rings. The Kier molecular flexibility index (Phi) is 7.01. The van der Waals surface area contributed by atoms with Gasteiger partial charge in [-0.15, -0.1) is 0 Å². The SMILES string of the molecule is COc1ccccc1C=CC(=O)N1CCN(CC(=O)NC(C)C)CC1. The lowest BCUT2D eigenvalue weighted by Crippen LogP contribution is -2.51. The summed E-state index contributed by atoms with van der Waals surface area (Å²) in [6.45, 7) is 6.95. The van der Waals surface area contributed by atoms with E-state index < -0.39 is 0 Å². The van der Waals surface area contributed by atoms with E-state index in [1.807, 2.05) is 43.0 Å². The summed E-state index contributed by atoms with van der Waals surface area (Å²) in [5.41, 5.74) is 0.877. The Balaban J connectivity index is 1.83. The van der Waals surface area contributed by atoms with Crippen LogP contribution in [0.25, 0.3) is 6.08 Å². The summed E-state index contributed by atoms with van der Waals surface area (Å²) < 4.78 is 5.28. The normalized spacial score (nSPS) is 15.6. The third-order valence-corrected chi connectivity index (χ3v) is 4.05. The van der Waals surface area contributed by atoms with Gasteiger partial charge in [0.2, 0.25) is 11.8 Å². The van der Waals surface area contributed by atoms with Gasteiger partial charge in [0, 0.05) is 43.9 Å². The molecule has 25 heavy (non-hydrogen) atoms. The molecule has 136 valence electrons. The second-order valence-corrected chi connectivity index (χ2v) is 6.40. The van der Waals surface area contributed by atoms with Crippen LogP contribution in [-0.4, -0.2) is 67.5 Å². The highest BCUT2D eigenvalue weighted by molar-refractivity contribution is 5.92. The van der Waals surface area contributed by atoms with Gasteiger partial charge in [0.1, 0.15) is 5.75 Å². The first-order chi connectivity index (χ1) is 12.0. The first-order valence-electron chi connectivity index (χ1n) is 8.61. The van der Waals surface area contributed by atoms with Crippen LogP contribution >= 0.6 is 0 Å². The monoisotopic (exact) mass is 345 g/mol. The van der Waals surface area contributed by atoms with E-state index in [9.17, 15) is 9.59 Å². The van der Waals surface area contributed by atoms with E-state index in [0.29, 0.717) is 32.7 Å². The number of piperazine rings is 1. The van der Waals surface area contributed by atoms with Crippen LogP contribution in [0.15, 0.2) is 30.3 Å². The van der Waals surface area contributed by atoms with E-state index in [4.69, 9.17) is 4.74 Å². The number of carbonyl (C=O) groups excluding carboxylic acids is 2. The van der Waals surface area contributed by atoms with Gasteiger partial charge in [-0.2, -0.15) is 0 Å². The van der Waals surface area contributed by atoms with Gasteiger partial charge in [0.05, 0.1) is 13.7 Å². The average molecular weight is 345 g/mol. The van der Waals surface area contributed by atoms with Gasteiger partial charge in [0.15, 0.2) is 0 Å². The van der Waals surface area contributed by atoms with Crippen molar-refractivity contribution in [3.05, 3.63) is 35.9 Å². The maximum atomic E-state index is 12.3. The van der Waals surface area contributed by atoms with Gasteiger partial charge < -0.3 is 15.0 Å². The van der Waals surface area contributed by atoms with Gasteiger partial charge in [-0.1, -0.05) is 18.2 Å². The third kappa shape index (κ3) is 5.90. The van der Waals surface area contributed by atoms with E-state index in [2.05, 4.69) is 10.2 Å². The van der Waals surface area contributed by atoms with Crippen molar-refractivity contribution in [1.82, 2.24) is 15.1 Å². The van der Waals surface area contributed by atoms with Crippen molar-refractivity contribution in [3.63, 3.8) is 0 Å². The molecule has 1 aromatic carbocycles. The maximum Gasteiger partial charge on any atom is 0.246 e. The Morgan fingerprint density at radius 3 is 2.52 bits per heavy atom. The summed E-state index contributed by atoms with van der Waals surface area (Å²) in [4.78, 5) is 28.0. The predicted octanol–water partition coefficient (Wildman–Crippen LogP) is 1.38. The second kappa shape index (κ2) is 9.22. The van der Waals surface area contributed by atoms with Crippen molar-refractivity contribution in [2.45, 2.75) is 19.9 Å². The number of methoxy groups -OCH3 is 1. The van der Waals surface area contributed by atoms with E-state index in [-0.39, 0.29) is 17.9 Å². The predicted molar refractivity (Wildman–Crippen MR) is 98.3 cm³/mol. The third-order valence-electron chi connectivity index (χ3n) is 4.05. The lowest BCUT2D eigenvalue weighted by Gasteiger charge is -2.33. The smallest absolute Gasteiger partial charge is 0.246 e. The van der Waals surface area contributed by atoms with Crippen LogP contribution in [0.1, 0.15) is 19.4 Å². The fourth-order valence-corrected chi connectivity index (χ4v) is 2.77. The number of hydrogen-bond donors (Lipinski definition) is 1. The summed E-state index contributed by atoms with van der Waals surface area (Å²) in [5.74, 6) is 0.760. The molecule has 0 atom stereocenters. The van der Waals surface area contributed by atoms with Crippen molar-refractivity contribution in [2.24, 2.45) is 0 Å². The molecule has 0 aromatic heterocycles. The first kappa shape index (κ1) is 19.0. The molecule has 1 aliphatic rings. The molecule has 0 spiro atoms. The zero-order valence-electron chi connectivity index (χ0n) is 15.2. The zero-order valence-corrected chi connectivity index (χ0v) is 15.2. The quantitative estimate of drug-likeness (QED) is 0.791. The van der Waals surface area contributed by atoms with Crippen LogP contribution in [0.2, 0.25) is 0 Å². The Morgan fingerprint density at radius 2 is 1.88 bits per heavy atom. The largest absolute Gasteiger partial charge is 0.496 e. The topological polar surface area (TPSA) is 61.9 Å². The summed E-state index contributed by atoms with van der Waals surface area (Å²) in [5, 5.41) is 2.89. The molecule has 1 aliphatic heterocycles. The van der Waals surface area contributed by atoms with Crippen LogP contribution in [0.4, 0.5) is 0 Å². The van der Waals surface area contributed by atoms with Crippen LogP contribution < -0.4 is 10.1 Å². The zero-order chi connectivity index (χ0) is 18.2. The van der Waals surface area contributed by atoms with E-state index in [0.717, 1.165) is 11.3 Å². The lowest BCUT2D eigenvalue weighted by molar-refractivity contribution is -0.128. The van der Waals surface area contributed by atoms with Crippen molar-refractivity contribution < 1.29 is 14.3 Å². The Bertz CT molecular complexity index is 620. The number of ether oxygens (including phenoxy) is 1.